The maximum absolute atomic E-state index is 11.8. The zero-order chi connectivity index (χ0) is 25.2. The first kappa shape index (κ1) is 23.8. The lowest BCUT2D eigenvalue weighted by Crippen LogP contribution is -2.29. The molecule has 182 valence electrons. The molecule has 4 aromatic rings. The fourth-order valence-corrected chi connectivity index (χ4v) is 4.84. The molecule has 1 aliphatic rings. The number of furan rings is 1. The van der Waals surface area contributed by atoms with Crippen LogP contribution in [-0.4, -0.2) is 23.2 Å². The zero-order valence-electron chi connectivity index (χ0n) is 20.3. The van der Waals surface area contributed by atoms with E-state index in [1.165, 1.54) is 12.7 Å². The van der Waals surface area contributed by atoms with Crippen molar-refractivity contribution in [1.82, 2.24) is 10.3 Å². The van der Waals surface area contributed by atoms with Crippen LogP contribution in [0.5, 0.6) is 0 Å². The average Bonchev–Trinajstić information content (AvgIpc) is 3.53. The summed E-state index contributed by atoms with van der Waals surface area (Å²) in [6.45, 7) is 4.36. The van der Waals surface area contributed by atoms with Gasteiger partial charge in [-0.2, -0.15) is 0 Å². The zero-order valence-corrected chi connectivity index (χ0v) is 21.2. The number of carbonyl (C=O) groups excluding carboxylic acids is 1. The molecule has 0 aliphatic carbocycles. The largest absolute Gasteiger partial charge is 0.465 e. The topological polar surface area (TPSA) is 67.6 Å². The smallest absolute Gasteiger partial charge is 0.337 e. The Labute approximate surface area is 215 Å². The van der Waals surface area contributed by atoms with Crippen LogP contribution in [0.3, 0.4) is 0 Å². The minimum atomic E-state index is -0.371. The molecule has 2 atom stereocenters. The van der Waals surface area contributed by atoms with Crippen molar-refractivity contribution in [2.24, 2.45) is 0 Å². The first-order valence-corrected chi connectivity index (χ1v) is 12.3. The minimum absolute atomic E-state index is 0.191. The molecule has 0 radical (unpaired) electrons. The number of hydrogen-bond acceptors (Lipinski definition) is 5. The summed E-state index contributed by atoms with van der Waals surface area (Å²) in [5.41, 5.74) is 4.49. The summed E-state index contributed by atoms with van der Waals surface area (Å²) in [4.78, 5) is 18.5. The van der Waals surface area contributed by atoms with E-state index < -0.39 is 0 Å². The molecule has 7 heteroatoms. The lowest BCUT2D eigenvalue weighted by Gasteiger charge is -2.26. The van der Waals surface area contributed by atoms with Gasteiger partial charge in [-0.1, -0.05) is 44.2 Å². The maximum atomic E-state index is 11.8. The van der Waals surface area contributed by atoms with E-state index in [0.717, 1.165) is 22.7 Å². The quantitative estimate of drug-likeness (QED) is 0.243. The molecule has 1 aliphatic heterocycles. The highest BCUT2D eigenvalue weighted by molar-refractivity contribution is 7.80. The van der Waals surface area contributed by atoms with Gasteiger partial charge >= 0.3 is 5.97 Å². The van der Waals surface area contributed by atoms with Gasteiger partial charge in [-0.15, -0.1) is 0 Å². The van der Waals surface area contributed by atoms with E-state index >= 15 is 0 Å². The van der Waals surface area contributed by atoms with Crippen LogP contribution in [0.15, 0.2) is 89.5 Å². The van der Waals surface area contributed by atoms with Crippen molar-refractivity contribution in [3.63, 3.8) is 0 Å². The molecular formula is C29H27N3O3S. The Hall–Kier alpha value is -3.97. The van der Waals surface area contributed by atoms with E-state index in [-0.39, 0.29) is 18.1 Å². The second kappa shape index (κ2) is 9.95. The van der Waals surface area contributed by atoms with Crippen molar-refractivity contribution in [3.05, 3.63) is 108 Å². The molecule has 0 amide bonds. The fraction of sp³-hybridized carbons (Fsp3) is 0.207. The standard InChI is InChI=1S/C29H27N3O3S/c1-18(2)19-11-13-22(14-12-19)32-27(26(31-29(32)36)23-6-4-5-17-30-23)25-16-15-24(35-25)20-7-9-21(10-8-20)28(33)34-3/h4-18,26-27H,1-3H3,(H,31,36)/t26-,27+/m0/s1. The first-order valence-electron chi connectivity index (χ1n) is 11.9. The summed E-state index contributed by atoms with van der Waals surface area (Å²) < 4.78 is 11.2. The summed E-state index contributed by atoms with van der Waals surface area (Å²) in [6.07, 6.45) is 1.79. The minimum Gasteiger partial charge on any atom is -0.465 e. The molecule has 3 heterocycles. The molecule has 0 saturated carbocycles. The van der Waals surface area contributed by atoms with Gasteiger partial charge in [-0.05, 0) is 72.2 Å². The van der Waals surface area contributed by atoms with Crippen LogP contribution in [0.25, 0.3) is 11.3 Å². The van der Waals surface area contributed by atoms with Crippen LogP contribution in [-0.2, 0) is 4.74 Å². The Morgan fingerprint density at radius 3 is 2.42 bits per heavy atom. The number of anilines is 1. The van der Waals surface area contributed by atoms with Gasteiger partial charge in [-0.25, -0.2) is 4.79 Å². The van der Waals surface area contributed by atoms with Crippen LogP contribution in [0.2, 0.25) is 0 Å². The van der Waals surface area contributed by atoms with E-state index in [1.54, 1.807) is 18.3 Å². The summed E-state index contributed by atoms with van der Waals surface area (Å²) in [6, 6.07) is 25.0. The number of pyridine rings is 1. The molecular weight excluding hydrogens is 470 g/mol. The van der Waals surface area contributed by atoms with Crippen molar-refractivity contribution in [2.45, 2.75) is 31.8 Å². The summed E-state index contributed by atoms with van der Waals surface area (Å²) in [5, 5.41) is 4.08. The second-order valence-electron chi connectivity index (χ2n) is 9.01. The number of nitrogens with one attached hydrogen (secondary N) is 1. The highest BCUT2D eigenvalue weighted by Crippen LogP contribution is 2.43. The highest BCUT2D eigenvalue weighted by Gasteiger charge is 2.42. The van der Waals surface area contributed by atoms with Gasteiger partial charge in [0.1, 0.15) is 17.6 Å². The number of ether oxygens (including phenoxy) is 1. The number of aromatic nitrogens is 1. The van der Waals surface area contributed by atoms with Gasteiger partial charge in [0.2, 0.25) is 0 Å². The predicted octanol–water partition coefficient (Wildman–Crippen LogP) is 6.43. The molecule has 6 nitrogen and oxygen atoms in total. The van der Waals surface area contributed by atoms with Crippen molar-refractivity contribution in [3.8, 4) is 11.3 Å². The molecule has 1 N–H and O–H groups in total. The lowest BCUT2D eigenvalue weighted by atomic mass is 10.0. The van der Waals surface area contributed by atoms with E-state index in [0.29, 0.717) is 22.4 Å². The molecule has 0 unspecified atom stereocenters. The Bertz CT molecular complexity index is 1370. The molecule has 36 heavy (non-hydrogen) atoms. The molecule has 1 saturated heterocycles. The third-order valence-corrected chi connectivity index (χ3v) is 6.76. The number of hydrogen-bond donors (Lipinski definition) is 1. The molecule has 5 rings (SSSR count). The molecule has 0 spiro atoms. The third-order valence-electron chi connectivity index (χ3n) is 6.44. The van der Waals surface area contributed by atoms with Gasteiger partial charge in [0.05, 0.1) is 24.4 Å². The van der Waals surface area contributed by atoms with Crippen molar-refractivity contribution < 1.29 is 13.9 Å². The molecule has 1 fully saturated rings. The van der Waals surface area contributed by atoms with Gasteiger partial charge < -0.3 is 19.4 Å². The van der Waals surface area contributed by atoms with Crippen LogP contribution in [0.4, 0.5) is 5.69 Å². The van der Waals surface area contributed by atoms with Gasteiger partial charge in [0.15, 0.2) is 5.11 Å². The van der Waals surface area contributed by atoms with E-state index in [1.807, 2.05) is 42.5 Å². The van der Waals surface area contributed by atoms with Gasteiger partial charge in [0.25, 0.3) is 0 Å². The number of rotatable bonds is 6. The Morgan fingerprint density at radius 2 is 1.78 bits per heavy atom. The van der Waals surface area contributed by atoms with Crippen molar-refractivity contribution in [1.29, 1.82) is 0 Å². The van der Waals surface area contributed by atoms with Crippen molar-refractivity contribution >= 4 is 29.0 Å². The van der Waals surface area contributed by atoms with Crippen LogP contribution >= 0.6 is 12.2 Å². The number of benzene rings is 2. The summed E-state index contributed by atoms with van der Waals surface area (Å²) >= 11 is 5.81. The number of methoxy groups -OCH3 is 1. The lowest BCUT2D eigenvalue weighted by molar-refractivity contribution is 0.0600. The normalized spacial score (nSPS) is 17.3. The molecule has 0 bridgehead atoms. The summed E-state index contributed by atoms with van der Waals surface area (Å²) in [7, 11) is 1.37. The Balaban J connectivity index is 1.53. The van der Waals surface area contributed by atoms with Crippen molar-refractivity contribution in [2.75, 3.05) is 12.0 Å². The van der Waals surface area contributed by atoms with Crippen LogP contribution in [0, 0.1) is 0 Å². The van der Waals surface area contributed by atoms with Gasteiger partial charge in [0, 0.05) is 17.4 Å². The average molecular weight is 498 g/mol. The Kier molecular flexibility index (Phi) is 6.57. The summed E-state index contributed by atoms with van der Waals surface area (Å²) in [5.74, 6) is 1.54. The van der Waals surface area contributed by atoms with E-state index in [4.69, 9.17) is 21.4 Å². The SMILES string of the molecule is COC(=O)c1ccc(-c2ccc([C@@H]3[C@H](c4ccccn4)NC(=S)N3c3ccc(C(C)C)cc3)o2)cc1. The van der Waals surface area contributed by atoms with Gasteiger partial charge in [-0.3, -0.25) is 4.98 Å². The monoisotopic (exact) mass is 497 g/mol. The first-order chi connectivity index (χ1) is 17.5. The Morgan fingerprint density at radius 1 is 1.03 bits per heavy atom. The maximum Gasteiger partial charge on any atom is 0.337 e. The highest BCUT2D eigenvalue weighted by atomic mass is 32.1. The second-order valence-corrected chi connectivity index (χ2v) is 9.40. The predicted molar refractivity (Wildman–Crippen MR) is 144 cm³/mol. The molecule has 2 aromatic carbocycles. The fourth-order valence-electron chi connectivity index (χ4n) is 4.50. The number of nitrogens with zero attached hydrogens (tertiary/aromatic N) is 2. The number of esters is 1. The van der Waals surface area contributed by atoms with Crippen LogP contribution in [0.1, 0.15) is 59.2 Å². The van der Waals surface area contributed by atoms with E-state index in [2.05, 4.69) is 53.3 Å². The number of thiocarbonyl (C=S) groups is 1. The van der Waals surface area contributed by atoms with E-state index in [9.17, 15) is 4.79 Å². The number of carbonyl (C=O) groups is 1. The van der Waals surface area contributed by atoms with Crippen LogP contribution < -0.4 is 10.2 Å². The third kappa shape index (κ3) is 4.50. The molecule has 2 aromatic heterocycles.